The number of nitrogens with zero attached hydrogens (tertiary/aromatic N) is 6. The predicted molar refractivity (Wildman–Crippen MR) is 109 cm³/mol. The molecule has 1 aromatic carbocycles. The summed E-state index contributed by atoms with van der Waals surface area (Å²) >= 11 is 0. The largest absolute Gasteiger partial charge is 0.462 e. The van der Waals surface area contributed by atoms with Crippen LogP contribution in [-0.4, -0.2) is 71.1 Å². The molecule has 0 atom stereocenters. The number of hydrogen-bond acceptors (Lipinski definition) is 8. The monoisotopic (exact) mass is 430 g/mol. The van der Waals surface area contributed by atoms with Crippen LogP contribution in [-0.2, 0) is 14.8 Å². The molecule has 1 saturated heterocycles. The van der Waals surface area contributed by atoms with Crippen LogP contribution < -0.4 is 4.90 Å². The Kier molecular flexibility index (Phi) is 5.39. The van der Waals surface area contributed by atoms with Gasteiger partial charge in [0.25, 0.3) is 5.78 Å². The molecule has 1 aliphatic rings. The SMILES string of the molecule is CCOC(=O)c1cccc(S(=O)(=O)N2CCN(c3cc(C)nc4ncnn34)CC2)c1. The van der Waals surface area contributed by atoms with Gasteiger partial charge in [-0.05, 0) is 32.0 Å². The number of anilines is 1. The van der Waals surface area contributed by atoms with Crippen molar-refractivity contribution in [3.8, 4) is 0 Å². The molecule has 10 nitrogen and oxygen atoms in total. The number of aromatic nitrogens is 4. The van der Waals surface area contributed by atoms with Crippen LogP contribution in [0.15, 0.2) is 41.6 Å². The minimum atomic E-state index is -3.73. The molecule has 30 heavy (non-hydrogen) atoms. The van der Waals surface area contributed by atoms with E-state index in [1.165, 1.54) is 22.8 Å². The lowest BCUT2D eigenvalue weighted by molar-refractivity contribution is 0.0526. The van der Waals surface area contributed by atoms with Gasteiger partial charge in [-0.1, -0.05) is 6.07 Å². The van der Waals surface area contributed by atoms with Crippen molar-refractivity contribution in [3.63, 3.8) is 0 Å². The fourth-order valence-electron chi connectivity index (χ4n) is 3.44. The molecule has 0 bridgehead atoms. The van der Waals surface area contributed by atoms with Crippen molar-refractivity contribution < 1.29 is 17.9 Å². The third-order valence-electron chi connectivity index (χ3n) is 4.91. The van der Waals surface area contributed by atoms with Crippen molar-refractivity contribution >= 4 is 27.6 Å². The molecule has 158 valence electrons. The van der Waals surface area contributed by atoms with E-state index in [2.05, 4.69) is 20.0 Å². The number of carbonyl (C=O) groups is 1. The fourth-order valence-corrected chi connectivity index (χ4v) is 4.91. The highest BCUT2D eigenvalue weighted by atomic mass is 32.2. The van der Waals surface area contributed by atoms with E-state index in [-0.39, 0.29) is 17.1 Å². The number of benzene rings is 1. The molecular formula is C19H22N6O4S. The highest BCUT2D eigenvalue weighted by Crippen LogP contribution is 2.22. The van der Waals surface area contributed by atoms with Crippen LogP contribution in [0.3, 0.4) is 0 Å². The molecule has 0 radical (unpaired) electrons. The summed E-state index contributed by atoms with van der Waals surface area (Å²) in [6.07, 6.45) is 1.45. The Labute approximate surface area is 174 Å². The molecule has 0 amide bonds. The lowest BCUT2D eigenvalue weighted by Gasteiger charge is -2.35. The van der Waals surface area contributed by atoms with E-state index < -0.39 is 16.0 Å². The summed E-state index contributed by atoms with van der Waals surface area (Å²) < 4.78 is 34.3. The number of hydrogen-bond donors (Lipinski definition) is 0. The van der Waals surface area contributed by atoms with E-state index in [0.717, 1.165) is 11.5 Å². The van der Waals surface area contributed by atoms with Gasteiger partial charge >= 0.3 is 5.97 Å². The van der Waals surface area contributed by atoms with Crippen LogP contribution in [0.5, 0.6) is 0 Å². The van der Waals surface area contributed by atoms with Gasteiger partial charge in [0.2, 0.25) is 10.0 Å². The van der Waals surface area contributed by atoms with Crippen molar-refractivity contribution in [2.75, 3.05) is 37.7 Å². The number of sulfonamides is 1. The average molecular weight is 430 g/mol. The first-order chi connectivity index (χ1) is 14.4. The lowest BCUT2D eigenvalue weighted by atomic mass is 10.2. The molecule has 0 aliphatic carbocycles. The quantitative estimate of drug-likeness (QED) is 0.554. The number of piperazine rings is 1. The summed E-state index contributed by atoms with van der Waals surface area (Å²) in [7, 11) is -3.73. The van der Waals surface area contributed by atoms with Crippen LogP contribution in [0.25, 0.3) is 5.78 Å². The van der Waals surface area contributed by atoms with Crippen molar-refractivity contribution in [3.05, 3.63) is 47.9 Å². The number of esters is 1. The third-order valence-corrected chi connectivity index (χ3v) is 6.80. The van der Waals surface area contributed by atoms with Gasteiger partial charge in [0.15, 0.2) is 0 Å². The van der Waals surface area contributed by atoms with Gasteiger partial charge in [-0.3, -0.25) is 0 Å². The smallest absolute Gasteiger partial charge is 0.338 e. The molecule has 2 aromatic heterocycles. The summed E-state index contributed by atoms with van der Waals surface area (Å²) in [6, 6.07) is 7.87. The maximum absolute atomic E-state index is 13.1. The summed E-state index contributed by atoms with van der Waals surface area (Å²) in [6.45, 7) is 5.42. The van der Waals surface area contributed by atoms with Crippen LogP contribution in [0.1, 0.15) is 23.0 Å². The van der Waals surface area contributed by atoms with Gasteiger partial charge in [0.05, 0.1) is 17.1 Å². The van der Waals surface area contributed by atoms with Gasteiger partial charge in [-0.2, -0.15) is 18.9 Å². The van der Waals surface area contributed by atoms with Crippen molar-refractivity contribution in [2.24, 2.45) is 0 Å². The Balaban J connectivity index is 1.53. The second-order valence-electron chi connectivity index (χ2n) is 6.87. The van der Waals surface area contributed by atoms with Crippen molar-refractivity contribution in [1.29, 1.82) is 0 Å². The molecule has 11 heteroatoms. The highest BCUT2D eigenvalue weighted by molar-refractivity contribution is 7.89. The standard InChI is InChI=1S/C19H22N6O4S/c1-3-29-18(26)15-5-4-6-16(12-15)30(27,28)24-9-7-23(8-10-24)17-11-14(2)22-19-20-13-21-25(17)19/h4-6,11-13H,3,7-10H2,1-2H3. The van der Waals surface area contributed by atoms with E-state index in [1.807, 2.05) is 13.0 Å². The minimum Gasteiger partial charge on any atom is -0.462 e. The second-order valence-corrected chi connectivity index (χ2v) is 8.80. The normalized spacial score (nSPS) is 15.5. The van der Waals surface area contributed by atoms with Crippen molar-refractivity contribution in [2.45, 2.75) is 18.7 Å². The number of carbonyl (C=O) groups excluding carboxylic acids is 1. The zero-order chi connectivity index (χ0) is 21.3. The molecular weight excluding hydrogens is 408 g/mol. The second kappa shape index (κ2) is 8.00. The Bertz CT molecular complexity index is 1180. The Morgan fingerprint density at radius 3 is 2.67 bits per heavy atom. The number of aryl methyl sites for hydroxylation is 1. The number of fused-ring (bicyclic) bond motifs is 1. The molecule has 1 fully saturated rings. The molecule has 0 N–H and O–H groups in total. The first kappa shape index (κ1) is 20.2. The number of rotatable bonds is 5. The zero-order valence-corrected chi connectivity index (χ0v) is 17.5. The van der Waals surface area contributed by atoms with E-state index in [0.29, 0.717) is 32.0 Å². The average Bonchev–Trinajstić information content (AvgIpc) is 3.22. The van der Waals surface area contributed by atoms with E-state index >= 15 is 0 Å². The maximum Gasteiger partial charge on any atom is 0.338 e. The van der Waals surface area contributed by atoms with Crippen LogP contribution in [0.4, 0.5) is 5.82 Å². The molecule has 3 heterocycles. The predicted octanol–water partition coefficient (Wildman–Crippen LogP) is 1.12. The van der Waals surface area contributed by atoms with Crippen LogP contribution >= 0.6 is 0 Å². The van der Waals surface area contributed by atoms with Gasteiger partial charge < -0.3 is 9.64 Å². The molecule has 0 spiro atoms. The van der Waals surface area contributed by atoms with Gasteiger partial charge in [0.1, 0.15) is 12.1 Å². The third kappa shape index (κ3) is 3.73. The summed E-state index contributed by atoms with van der Waals surface area (Å²) in [5.74, 6) is 0.802. The van der Waals surface area contributed by atoms with Crippen molar-refractivity contribution in [1.82, 2.24) is 23.9 Å². The van der Waals surface area contributed by atoms with E-state index in [9.17, 15) is 13.2 Å². The summed E-state index contributed by atoms with van der Waals surface area (Å²) in [5.41, 5.74) is 1.04. The first-order valence-electron chi connectivity index (χ1n) is 9.60. The Morgan fingerprint density at radius 1 is 1.17 bits per heavy atom. The van der Waals surface area contributed by atoms with Gasteiger partial charge in [-0.25, -0.2) is 18.2 Å². The Morgan fingerprint density at radius 2 is 1.93 bits per heavy atom. The van der Waals surface area contributed by atoms with E-state index in [1.54, 1.807) is 23.6 Å². The van der Waals surface area contributed by atoms with Crippen LogP contribution in [0, 0.1) is 6.92 Å². The highest BCUT2D eigenvalue weighted by Gasteiger charge is 2.30. The summed E-state index contributed by atoms with van der Waals surface area (Å²) in [5, 5.41) is 4.22. The molecule has 4 rings (SSSR count). The topological polar surface area (TPSA) is 110 Å². The van der Waals surface area contributed by atoms with Gasteiger partial charge in [0, 0.05) is 37.9 Å². The Hall–Kier alpha value is -3.05. The molecule has 3 aromatic rings. The van der Waals surface area contributed by atoms with E-state index in [4.69, 9.17) is 4.74 Å². The minimum absolute atomic E-state index is 0.0833. The maximum atomic E-state index is 13.1. The van der Waals surface area contributed by atoms with Crippen LogP contribution in [0.2, 0.25) is 0 Å². The molecule has 0 saturated carbocycles. The lowest BCUT2D eigenvalue weighted by Crippen LogP contribution is -2.49. The van der Waals surface area contributed by atoms with Gasteiger partial charge in [-0.15, -0.1) is 0 Å². The molecule has 0 unspecified atom stereocenters. The number of ether oxygens (including phenoxy) is 1. The molecule has 1 aliphatic heterocycles. The zero-order valence-electron chi connectivity index (χ0n) is 16.7. The fraction of sp³-hybridized carbons (Fsp3) is 0.368. The first-order valence-corrected chi connectivity index (χ1v) is 11.0. The summed E-state index contributed by atoms with van der Waals surface area (Å²) in [4.78, 5) is 22.6.